The van der Waals surface area contributed by atoms with Gasteiger partial charge >= 0.3 is 0 Å². The second-order valence-electron chi connectivity index (χ2n) is 17.2. The van der Waals surface area contributed by atoms with Gasteiger partial charge in [-0.3, -0.25) is 4.79 Å². The van der Waals surface area contributed by atoms with Crippen molar-refractivity contribution in [3.63, 3.8) is 0 Å². The maximum absolute atomic E-state index is 12.4. The molecule has 0 aromatic carbocycles. The first-order valence-electron chi connectivity index (χ1n) is 25.1. The van der Waals surface area contributed by atoms with Crippen LogP contribution in [0.25, 0.3) is 0 Å². The fourth-order valence-corrected chi connectivity index (χ4v) is 7.82. The molecule has 0 saturated heterocycles. The summed E-state index contributed by atoms with van der Waals surface area (Å²) in [4.78, 5) is 12.4. The number of carbonyl (C=O) groups is 1. The quantitative estimate of drug-likeness (QED) is 0.0426. The van der Waals surface area contributed by atoms with Crippen molar-refractivity contribution in [2.75, 3.05) is 6.61 Å². The van der Waals surface area contributed by atoms with Gasteiger partial charge in [-0.05, 0) is 44.9 Å². The van der Waals surface area contributed by atoms with E-state index in [1.54, 1.807) is 6.08 Å². The van der Waals surface area contributed by atoms with Gasteiger partial charge in [0.15, 0.2) is 0 Å². The summed E-state index contributed by atoms with van der Waals surface area (Å²) in [5, 5.41) is 22.9. The second kappa shape index (κ2) is 47.2. The van der Waals surface area contributed by atoms with Gasteiger partial charge in [0.05, 0.1) is 18.8 Å². The summed E-state index contributed by atoms with van der Waals surface area (Å²) in [6, 6.07) is -0.617. The molecule has 0 aromatic rings. The lowest BCUT2D eigenvalue weighted by atomic mass is 10.0. The highest BCUT2D eigenvalue weighted by atomic mass is 16.3. The van der Waals surface area contributed by atoms with Crippen LogP contribution < -0.4 is 5.32 Å². The summed E-state index contributed by atoms with van der Waals surface area (Å²) < 4.78 is 0. The Morgan fingerprint density at radius 3 is 1.00 bits per heavy atom. The van der Waals surface area contributed by atoms with E-state index in [0.717, 1.165) is 25.7 Å². The van der Waals surface area contributed by atoms with Crippen molar-refractivity contribution in [2.24, 2.45) is 0 Å². The molecule has 1 amide bonds. The first kappa shape index (κ1) is 53.9. The van der Waals surface area contributed by atoms with Crippen LogP contribution in [0.3, 0.4) is 0 Å². The van der Waals surface area contributed by atoms with Gasteiger partial charge < -0.3 is 15.5 Å². The minimum absolute atomic E-state index is 0.0614. The van der Waals surface area contributed by atoms with Crippen LogP contribution in [0.4, 0.5) is 0 Å². The van der Waals surface area contributed by atoms with Gasteiger partial charge in [-0.1, -0.05) is 250 Å². The van der Waals surface area contributed by atoms with Crippen molar-refractivity contribution < 1.29 is 15.0 Å². The predicted molar refractivity (Wildman–Crippen MR) is 244 cm³/mol. The van der Waals surface area contributed by atoms with Gasteiger partial charge in [-0.15, -0.1) is 0 Å². The van der Waals surface area contributed by atoms with Crippen LogP contribution in [0.15, 0.2) is 24.3 Å². The number of nitrogens with one attached hydrogen (secondary N) is 1. The third kappa shape index (κ3) is 43.8. The molecule has 0 aliphatic rings. The van der Waals surface area contributed by atoms with Crippen molar-refractivity contribution in [1.29, 1.82) is 0 Å². The van der Waals surface area contributed by atoms with E-state index in [1.807, 2.05) is 6.08 Å². The number of unbranched alkanes of at least 4 members (excludes halogenated alkanes) is 37. The van der Waals surface area contributed by atoms with Gasteiger partial charge in [0.25, 0.3) is 0 Å². The van der Waals surface area contributed by atoms with Crippen LogP contribution in [-0.4, -0.2) is 34.9 Å². The van der Waals surface area contributed by atoms with E-state index in [2.05, 4.69) is 31.3 Å². The maximum atomic E-state index is 12.4. The fraction of sp³-hybridized carbons (Fsp3) is 0.902. The first-order valence-corrected chi connectivity index (χ1v) is 25.1. The molecule has 3 N–H and O–H groups in total. The molecule has 2 unspecified atom stereocenters. The molecule has 55 heavy (non-hydrogen) atoms. The van der Waals surface area contributed by atoms with E-state index in [0.29, 0.717) is 6.42 Å². The van der Waals surface area contributed by atoms with E-state index < -0.39 is 12.1 Å². The van der Waals surface area contributed by atoms with Crippen molar-refractivity contribution in [3.05, 3.63) is 24.3 Å². The van der Waals surface area contributed by atoms with Gasteiger partial charge in [-0.25, -0.2) is 0 Å². The summed E-state index contributed by atoms with van der Waals surface area (Å²) >= 11 is 0. The minimum Gasteiger partial charge on any atom is -0.394 e. The molecule has 0 radical (unpaired) electrons. The summed E-state index contributed by atoms with van der Waals surface area (Å²) in [6.07, 6.45) is 61.9. The third-order valence-electron chi connectivity index (χ3n) is 11.7. The van der Waals surface area contributed by atoms with Crippen LogP contribution in [0.5, 0.6) is 0 Å². The zero-order chi connectivity index (χ0) is 40.0. The number of amides is 1. The van der Waals surface area contributed by atoms with Crippen molar-refractivity contribution in [2.45, 2.75) is 289 Å². The smallest absolute Gasteiger partial charge is 0.220 e. The average molecular weight is 774 g/mol. The van der Waals surface area contributed by atoms with Crippen LogP contribution in [-0.2, 0) is 4.79 Å². The van der Waals surface area contributed by atoms with Crippen LogP contribution in [0, 0.1) is 0 Å². The molecule has 4 nitrogen and oxygen atoms in total. The lowest BCUT2D eigenvalue weighted by Gasteiger charge is -2.20. The Balaban J connectivity index is 3.38. The maximum Gasteiger partial charge on any atom is 0.220 e. The standard InChI is InChI=1S/C51H99NO3/c1-3-5-7-9-11-13-15-16-17-18-19-20-21-22-23-24-25-26-27-28-29-30-31-32-33-34-35-36-37-39-41-43-45-47-51(55)52-49(48-53)50(54)46-44-42-40-38-14-12-10-8-6-4-2/h18-19,44,46,49-50,53-54H,3-17,20-43,45,47-48H2,1-2H3,(H,52,55)/b19-18-,46-44+. The fourth-order valence-electron chi connectivity index (χ4n) is 7.82. The number of aliphatic hydroxyl groups is 2. The SMILES string of the molecule is CCCCCCCCCC/C=C\CCCCCCCCCCCCCCCCCCCCCCCC(=O)NC(CO)C(O)/C=C/CCCCCCCCCC. The third-order valence-corrected chi connectivity index (χ3v) is 11.7. The molecule has 0 rings (SSSR count). The molecule has 4 heteroatoms. The molecule has 0 fully saturated rings. The molecular formula is C51H99NO3. The van der Waals surface area contributed by atoms with Crippen molar-refractivity contribution in [3.8, 4) is 0 Å². The number of rotatable bonds is 46. The molecule has 0 saturated carbocycles. The molecule has 0 aliphatic carbocycles. The highest BCUT2D eigenvalue weighted by Gasteiger charge is 2.18. The molecule has 0 bridgehead atoms. The summed E-state index contributed by atoms with van der Waals surface area (Å²) in [5.74, 6) is -0.0614. The monoisotopic (exact) mass is 774 g/mol. The number of hydrogen-bond donors (Lipinski definition) is 3. The molecular weight excluding hydrogens is 675 g/mol. The summed E-state index contributed by atoms with van der Waals surface area (Å²) in [7, 11) is 0. The molecule has 0 aliphatic heterocycles. The summed E-state index contributed by atoms with van der Waals surface area (Å²) in [6.45, 7) is 4.30. The zero-order valence-electron chi connectivity index (χ0n) is 37.5. The lowest BCUT2D eigenvalue weighted by Crippen LogP contribution is -2.45. The topological polar surface area (TPSA) is 69.6 Å². The van der Waals surface area contributed by atoms with Crippen molar-refractivity contribution in [1.82, 2.24) is 5.32 Å². The normalized spacial score (nSPS) is 13.0. The Kier molecular flexibility index (Phi) is 46.3. The van der Waals surface area contributed by atoms with Crippen molar-refractivity contribution >= 4 is 5.91 Å². The van der Waals surface area contributed by atoms with Crippen LogP contribution in [0.1, 0.15) is 277 Å². The number of hydrogen-bond acceptors (Lipinski definition) is 3. The number of allylic oxidation sites excluding steroid dienone is 3. The van der Waals surface area contributed by atoms with Gasteiger partial charge in [0.2, 0.25) is 5.91 Å². The Morgan fingerprint density at radius 2 is 0.691 bits per heavy atom. The molecule has 0 spiro atoms. The summed E-state index contributed by atoms with van der Waals surface area (Å²) in [5.41, 5.74) is 0. The Labute approximate surface area is 345 Å². The van der Waals surface area contributed by atoms with Gasteiger partial charge in [-0.2, -0.15) is 0 Å². The second-order valence-corrected chi connectivity index (χ2v) is 17.2. The zero-order valence-corrected chi connectivity index (χ0v) is 37.5. The van der Waals surface area contributed by atoms with Crippen LogP contribution >= 0.6 is 0 Å². The number of aliphatic hydroxyl groups excluding tert-OH is 2. The lowest BCUT2D eigenvalue weighted by molar-refractivity contribution is -0.123. The van der Waals surface area contributed by atoms with E-state index >= 15 is 0 Å². The predicted octanol–water partition coefficient (Wildman–Crippen LogP) is 16.0. The van der Waals surface area contributed by atoms with E-state index in [9.17, 15) is 15.0 Å². The Morgan fingerprint density at radius 1 is 0.418 bits per heavy atom. The van der Waals surface area contributed by atoms with E-state index in [1.165, 1.54) is 231 Å². The molecule has 0 aromatic heterocycles. The highest BCUT2D eigenvalue weighted by molar-refractivity contribution is 5.76. The minimum atomic E-state index is -0.834. The average Bonchev–Trinajstić information content (AvgIpc) is 3.19. The highest BCUT2D eigenvalue weighted by Crippen LogP contribution is 2.16. The first-order chi connectivity index (χ1) is 27.2. The largest absolute Gasteiger partial charge is 0.394 e. The molecule has 0 heterocycles. The van der Waals surface area contributed by atoms with Gasteiger partial charge in [0, 0.05) is 6.42 Å². The molecule has 326 valence electrons. The van der Waals surface area contributed by atoms with Crippen LogP contribution in [0.2, 0.25) is 0 Å². The number of carbonyl (C=O) groups excluding carboxylic acids is 1. The Bertz CT molecular complexity index is 795. The van der Waals surface area contributed by atoms with E-state index in [4.69, 9.17) is 0 Å². The van der Waals surface area contributed by atoms with Gasteiger partial charge in [0.1, 0.15) is 0 Å². The Hall–Kier alpha value is -1.13. The molecule has 2 atom stereocenters. The van der Waals surface area contributed by atoms with E-state index in [-0.39, 0.29) is 12.5 Å².